The van der Waals surface area contributed by atoms with Gasteiger partial charge in [-0.25, -0.2) is 4.79 Å². The monoisotopic (exact) mass is 309 g/mol. The molecule has 1 atom stereocenters. The van der Waals surface area contributed by atoms with Crippen molar-refractivity contribution in [3.63, 3.8) is 0 Å². The molecule has 0 saturated heterocycles. The number of hydrogen-bond acceptors (Lipinski definition) is 3. The topological polar surface area (TPSA) is 55.4 Å². The van der Waals surface area contributed by atoms with Gasteiger partial charge in [-0.3, -0.25) is 0 Å². The molecule has 0 radical (unpaired) electrons. The van der Waals surface area contributed by atoms with Crippen LogP contribution in [0.3, 0.4) is 0 Å². The van der Waals surface area contributed by atoms with Crippen molar-refractivity contribution >= 4 is 12.4 Å². The molecule has 118 valence electrons. The van der Waals surface area contributed by atoms with E-state index >= 15 is 0 Å². The molecule has 0 spiro atoms. The average molecular weight is 309 g/mol. The van der Waals surface area contributed by atoms with Gasteiger partial charge in [-0.1, -0.05) is 55.5 Å². The van der Waals surface area contributed by atoms with Gasteiger partial charge in [0.05, 0.1) is 6.04 Å². The largest absolute Gasteiger partial charge is 0.449 e. The summed E-state index contributed by atoms with van der Waals surface area (Å²) in [4.78, 5) is 22.6. The minimum atomic E-state index is -0.550. The minimum absolute atomic E-state index is 0.0319. The molecular weight excluding hydrogens is 290 g/mol. The number of rotatable bonds is 5. The summed E-state index contributed by atoms with van der Waals surface area (Å²) >= 11 is 0. The number of benzene rings is 2. The number of ether oxygens (including phenoxy) is 1. The highest BCUT2D eigenvalue weighted by Gasteiger charge is 2.29. The Morgan fingerprint density at radius 2 is 1.70 bits per heavy atom. The molecule has 23 heavy (non-hydrogen) atoms. The van der Waals surface area contributed by atoms with Crippen molar-refractivity contribution in [3.8, 4) is 11.1 Å². The van der Waals surface area contributed by atoms with Crippen LogP contribution in [0.1, 0.15) is 30.4 Å². The Balaban J connectivity index is 1.76. The third kappa shape index (κ3) is 2.97. The molecule has 0 saturated carbocycles. The van der Waals surface area contributed by atoms with Crippen LogP contribution in [0.25, 0.3) is 11.1 Å². The summed E-state index contributed by atoms with van der Waals surface area (Å²) in [5, 5.41) is 2.56. The van der Waals surface area contributed by atoms with E-state index in [4.69, 9.17) is 4.74 Å². The lowest BCUT2D eigenvalue weighted by molar-refractivity contribution is -0.109. The molecule has 3 rings (SSSR count). The van der Waals surface area contributed by atoms with E-state index in [0.717, 1.165) is 6.29 Å². The van der Waals surface area contributed by atoms with E-state index in [-0.39, 0.29) is 12.5 Å². The van der Waals surface area contributed by atoms with Crippen LogP contribution in [0, 0.1) is 0 Å². The Morgan fingerprint density at radius 3 is 2.22 bits per heavy atom. The molecule has 0 bridgehead atoms. The van der Waals surface area contributed by atoms with E-state index in [2.05, 4.69) is 29.6 Å². The lowest BCUT2D eigenvalue weighted by Gasteiger charge is -2.16. The number of alkyl carbamates (subject to hydrolysis) is 1. The maximum atomic E-state index is 11.9. The Morgan fingerprint density at radius 1 is 1.13 bits per heavy atom. The first-order valence-electron chi connectivity index (χ1n) is 7.81. The molecule has 0 aromatic heterocycles. The van der Waals surface area contributed by atoms with E-state index in [1.807, 2.05) is 31.2 Å². The van der Waals surface area contributed by atoms with Crippen LogP contribution < -0.4 is 5.32 Å². The summed E-state index contributed by atoms with van der Waals surface area (Å²) in [6.45, 7) is 2.10. The Kier molecular flexibility index (Phi) is 4.42. The van der Waals surface area contributed by atoms with Gasteiger partial charge in [0, 0.05) is 5.92 Å². The number of hydrogen-bond donors (Lipinski definition) is 1. The van der Waals surface area contributed by atoms with E-state index in [1.165, 1.54) is 22.3 Å². The number of carbonyl (C=O) groups excluding carboxylic acids is 2. The lowest BCUT2D eigenvalue weighted by Crippen LogP contribution is -2.36. The van der Waals surface area contributed by atoms with Crippen molar-refractivity contribution in [2.75, 3.05) is 6.61 Å². The summed E-state index contributed by atoms with van der Waals surface area (Å²) < 4.78 is 5.36. The highest BCUT2D eigenvalue weighted by atomic mass is 16.5. The maximum Gasteiger partial charge on any atom is 0.407 e. The number of carbonyl (C=O) groups is 2. The fraction of sp³-hybridized carbons (Fsp3) is 0.263. The van der Waals surface area contributed by atoms with Gasteiger partial charge in [0.15, 0.2) is 0 Å². The maximum absolute atomic E-state index is 11.9. The molecule has 0 fully saturated rings. The van der Waals surface area contributed by atoms with Gasteiger partial charge in [-0.2, -0.15) is 0 Å². The van der Waals surface area contributed by atoms with Gasteiger partial charge in [0.2, 0.25) is 0 Å². The second-order valence-corrected chi connectivity index (χ2v) is 5.62. The molecule has 2 aromatic rings. The van der Waals surface area contributed by atoms with E-state index < -0.39 is 12.1 Å². The zero-order valence-corrected chi connectivity index (χ0v) is 13.0. The van der Waals surface area contributed by atoms with Gasteiger partial charge in [-0.15, -0.1) is 0 Å². The molecule has 0 unspecified atom stereocenters. The average Bonchev–Trinajstić information content (AvgIpc) is 2.92. The summed E-state index contributed by atoms with van der Waals surface area (Å²) in [7, 11) is 0. The van der Waals surface area contributed by atoms with Crippen LogP contribution in [-0.2, 0) is 9.53 Å². The van der Waals surface area contributed by atoms with Gasteiger partial charge < -0.3 is 14.8 Å². The van der Waals surface area contributed by atoms with Crippen LogP contribution in [0.2, 0.25) is 0 Å². The van der Waals surface area contributed by atoms with Gasteiger partial charge in [0.25, 0.3) is 0 Å². The van der Waals surface area contributed by atoms with Crippen LogP contribution in [0.4, 0.5) is 4.79 Å². The Bertz CT molecular complexity index is 681. The van der Waals surface area contributed by atoms with Crippen molar-refractivity contribution in [1.82, 2.24) is 5.32 Å². The van der Waals surface area contributed by atoms with Crippen molar-refractivity contribution in [2.24, 2.45) is 0 Å². The van der Waals surface area contributed by atoms with Crippen LogP contribution >= 0.6 is 0 Å². The van der Waals surface area contributed by atoms with Crippen LogP contribution in [0.5, 0.6) is 0 Å². The zero-order chi connectivity index (χ0) is 16.2. The number of fused-ring (bicyclic) bond motifs is 3. The molecule has 2 aromatic carbocycles. The summed E-state index contributed by atoms with van der Waals surface area (Å²) in [5.41, 5.74) is 4.72. The Labute approximate surface area is 135 Å². The van der Waals surface area contributed by atoms with Crippen molar-refractivity contribution < 1.29 is 14.3 Å². The molecule has 1 amide bonds. The third-order valence-electron chi connectivity index (χ3n) is 4.25. The fourth-order valence-electron chi connectivity index (χ4n) is 3.02. The molecule has 4 heteroatoms. The minimum Gasteiger partial charge on any atom is -0.449 e. The molecule has 0 aliphatic heterocycles. The Hall–Kier alpha value is -2.62. The molecule has 4 nitrogen and oxygen atoms in total. The second kappa shape index (κ2) is 6.65. The van der Waals surface area contributed by atoms with Crippen molar-refractivity contribution in [1.29, 1.82) is 0 Å². The molecular formula is C19H19NO3. The van der Waals surface area contributed by atoms with E-state index in [0.29, 0.717) is 6.42 Å². The van der Waals surface area contributed by atoms with E-state index in [1.54, 1.807) is 0 Å². The summed E-state index contributed by atoms with van der Waals surface area (Å²) in [6.07, 6.45) is 0.723. The first kappa shape index (κ1) is 15.3. The van der Waals surface area contributed by atoms with Gasteiger partial charge >= 0.3 is 6.09 Å². The standard InChI is InChI=1S/C19H19NO3/c1-2-13(11-21)20-19(22)23-12-18-16-9-5-3-7-14(16)15-8-4-6-10-17(15)18/h3-11,13,18H,2,12H2,1H3,(H,20,22)/t13-/m0/s1. The van der Waals surface area contributed by atoms with Crippen LogP contribution in [-0.4, -0.2) is 25.0 Å². The molecule has 1 N–H and O–H groups in total. The summed E-state index contributed by atoms with van der Waals surface area (Å²) in [5.74, 6) is 0.0319. The predicted molar refractivity (Wildman–Crippen MR) is 88.3 cm³/mol. The smallest absolute Gasteiger partial charge is 0.407 e. The van der Waals surface area contributed by atoms with Gasteiger partial charge in [-0.05, 0) is 28.7 Å². The predicted octanol–water partition coefficient (Wildman–Crippen LogP) is 3.50. The molecule has 1 aliphatic rings. The fourth-order valence-corrected chi connectivity index (χ4v) is 3.02. The number of amides is 1. The third-order valence-corrected chi connectivity index (χ3v) is 4.25. The highest BCUT2D eigenvalue weighted by Crippen LogP contribution is 2.44. The molecule has 1 aliphatic carbocycles. The normalized spacial score (nSPS) is 13.8. The quantitative estimate of drug-likeness (QED) is 0.860. The van der Waals surface area contributed by atoms with Crippen molar-refractivity contribution in [3.05, 3.63) is 59.7 Å². The first-order valence-corrected chi connectivity index (χ1v) is 7.81. The lowest BCUT2D eigenvalue weighted by atomic mass is 9.98. The van der Waals surface area contributed by atoms with Crippen molar-refractivity contribution in [2.45, 2.75) is 25.3 Å². The SMILES string of the molecule is CC[C@@H](C=O)NC(=O)OCC1c2ccccc2-c2ccccc21. The number of nitrogens with one attached hydrogen (secondary N) is 1. The number of aldehydes is 1. The zero-order valence-electron chi connectivity index (χ0n) is 13.0. The highest BCUT2D eigenvalue weighted by molar-refractivity contribution is 5.79. The molecule has 0 heterocycles. The van der Waals surface area contributed by atoms with Crippen LogP contribution in [0.15, 0.2) is 48.5 Å². The second-order valence-electron chi connectivity index (χ2n) is 5.62. The first-order chi connectivity index (χ1) is 11.2. The van der Waals surface area contributed by atoms with E-state index in [9.17, 15) is 9.59 Å². The summed E-state index contributed by atoms with van der Waals surface area (Å²) in [6, 6.07) is 15.9. The van der Waals surface area contributed by atoms with Gasteiger partial charge in [0.1, 0.15) is 12.9 Å².